The second-order valence-electron chi connectivity index (χ2n) is 3.02. The Kier molecular flexibility index (Phi) is 3.95. The number of carbonyl (C=O) groups is 1. The van der Waals surface area contributed by atoms with Gasteiger partial charge in [-0.05, 0) is 28.1 Å². The zero-order valence-corrected chi connectivity index (χ0v) is 9.49. The Morgan fingerprint density at radius 3 is 2.71 bits per heavy atom. The summed E-state index contributed by atoms with van der Waals surface area (Å²) >= 11 is 3.41. The Morgan fingerprint density at radius 2 is 2.14 bits per heavy atom. The number of carboxylic acid groups (broad SMARTS) is 1. The van der Waals surface area contributed by atoms with Crippen LogP contribution in [0.3, 0.4) is 0 Å². The van der Waals surface area contributed by atoms with Gasteiger partial charge >= 0.3 is 5.97 Å². The van der Waals surface area contributed by atoms with Crippen molar-refractivity contribution >= 4 is 27.6 Å². The summed E-state index contributed by atoms with van der Waals surface area (Å²) in [6.07, 6.45) is 0.151. The van der Waals surface area contributed by atoms with E-state index in [4.69, 9.17) is 5.11 Å². The topological polar surface area (TPSA) is 40.5 Å². The first kappa shape index (κ1) is 11.0. The standard InChI is InChI=1S/C10H12BrNO2/c1-12(7-6-10(13)14)9-5-3-2-4-8(9)11/h2-5H,6-7H2,1H3,(H,13,14). The molecule has 0 unspecified atom stereocenters. The van der Waals surface area contributed by atoms with Gasteiger partial charge < -0.3 is 10.0 Å². The number of rotatable bonds is 4. The largest absolute Gasteiger partial charge is 0.481 e. The molecule has 0 aliphatic rings. The quantitative estimate of drug-likeness (QED) is 0.901. The molecular weight excluding hydrogens is 246 g/mol. The number of aliphatic carboxylic acids is 1. The fraction of sp³-hybridized carbons (Fsp3) is 0.300. The minimum absolute atomic E-state index is 0.151. The monoisotopic (exact) mass is 257 g/mol. The summed E-state index contributed by atoms with van der Waals surface area (Å²) in [4.78, 5) is 12.3. The lowest BCUT2D eigenvalue weighted by Crippen LogP contribution is -2.21. The molecule has 1 N–H and O–H groups in total. The van der Waals surface area contributed by atoms with Crippen molar-refractivity contribution in [3.05, 3.63) is 28.7 Å². The number of anilines is 1. The van der Waals surface area contributed by atoms with E-state index in [1.54, 1.807) is 0 Å². The molecule has 3 nitrogen and oxygen atoms in total. The Balaban J connectivity index is 2.65. The van der Waals surface area contributed by atoms with Crippen molar-refractivity contribution in [1.82, 2.24) is 0 Å². The van der Waals surface area contributed by atoms with Crippen LogP contribution >= 0.6 is 15.9 Å². The fourth-order valence-corrected chi connectivity index (χ4v) is 1.73. The summed E-state index contributed by atoms with van der Waals surface area (Å²) in [6, 6.07) is 7.74. The maximum Gasteiger partial charge on any atom is 0.305 e. The Hall–Kier alpha value is -1.03. The van der Waals surface area contributed by atoms with Crippen molar-refractivity contribution in [1.29, 1.82) is 0 Å². The summed E-state index contributed by atoms with van der Waals surface area (Å²) in [6.45, 7) is 0.512. The molecule has 0 heterocycles. The number of carboxylic acids is 1. The number of hydrogen-bond donors (Lipinski definition) is 1. The van der Waals surface area contributed by atoms with Crippen molar-refractivity contribution in [2.45, 2.75) is 6.42 Å². The second-order valence-corrected chi connectivity index (χ2v) is 3.87. The Bertz CT molecular complexity index is 328. The van der Waals surface area contributed by atoms with Crippen molar-refractivity contribution in [3.8, 4) is 0 Å². The first-order valence-electron chi connectivity index (χ1n) is 4.28. The van der Waals surface area contributed by atoms with Gasteiger partial charge in [0, 0.05) is 18.1 Å². The number of hydrogen-bond acceptors (Lipinski definition) is 2. The molecule has 0 aromatic heterocycles. The molecule has 0 spiro atoms. The first-order chi connectivity index (χ1) is 6.61. The van der Waals surface area contributed by atoms with Crippen LogP contribution in [-0.2, 0) is 4.79 Å². The summed E-state index contributed by atoms with van der Waals surface area (Å²) in [5, 5.41) is 8.54. The van der Waals surface area contributed by atoms with Crippen LogP contribution in [0, 0.1) is 0 Å². The smallest absolute Gasteiger partial charge is 0.305 e. The van der Waals surface area contributed by atoms with Gasteiger partial charge in [0.05, 0.1) is 12.1 Å². The number of halogens is 1. The molecule has 0 fully saturated rings. The Morgan fingerprint density at radius 1 is 1.50 bits per heavy atom. The lowest BCUT2D eigenvalue weighted by molar-refractivity contribution is -0.136. The van der Waals surface area contributed by atoms with Crippen LogP contribution in [0.25, 0.3) is 0 Å². The van der Waals surface area contributed by atoms with Crippen LogP contribution in [0.4, 0.5) is 5.69 Å². The van der Waals surface area contributed by atoms with Crippen molar-refractivity contribution < 1.29 is 9.90 Å². The second kappa shape index (κ2) is 5.00. The van der Waals surface area contributed by atoms with Crippen LogP contribution in [0.15, 0.2) is 28.7 Å². The van der Waals surface area contributed by atoms with E-state index in [2.05, 4.69) is 15.9 Å². The molecular formula is C10H12BrNO2. The Labute approximate surface area is 91.5 Å². The third-order valence-electron chi connectivity index (χ3n) is 1.92. The predicted molar refractivity (Wildman–Crippen MR) is 59.7 cm³/mol. The van der Waals surface area contributed by atoms with E-state index < -0.39 is 5.97 Å². The highest BCUT2D eigenvalue weighted by atomic mass is 79.9. The molecule has 76 valence electrons. The van der Waals surface area contributed by atoms with E-state index in [0.29, 0.717) is 6.54 Å². The van der Waals surface area contributed by atoms with Gasteiger partial charge in [0.15, 0.2) is 0 Å². The van der Waals surface area contributed by atoms with E-state index in [9.17, 15) is 4.79 Å². The minimum Gasteiger partial charge on any atom is -0.481 e. The number of benzene rings is 1. The molecule has 0 saturated carbocycles. The maximum absolute atomic E-state index is 10.4. The fourth-order valence-electron chi connectivity index (χ4n) is 1.15. The van der Waals surface area contributed by atoms with Gasteiger partial charge in [0.2, 0.25) is 0 Å². The van der Waals surface area contributed by atoms with Crippen LogP contribution in [0.5, 0.6) is 0 Å². The van der Waals surface area contributed by atoms with E-state index in [0.717, 1.165) is 10.2 Å². The van der Waals surface area contributed by atoms with Gasteiger partial charge in [-0.2, -0.15) is 0 Å². The lowest BCUT2D eigenvalue weighted by atomic mass is 10.3. The first-order valence-corrected chi connectivity index (χ1v) is 5.08. The molecule has 0 radical (unpaired) electrons. The van der Waals surface area contributed by atoms with Gasteiger partial charge in [0.1, 0.15) is 0 Å². The molecule has 4 heteroatoms. The summed E-state index contributed by atoms with van der Waals surface area (Å²) in [5.74, 6) is -0.774. The van der Waals surface area contributed by atoms with Crippen LogP contribution < -0.4 is 4.90 Å². The van der Waals surface area contributed by atoms with Crippen LogP contribution in [0.2, 0.25) is 0 Å². The molecule has 0 saturated heterocycles. The maximum atomic E-state index is 10.4. The molecule has 1 aromatic carbocycles. The zero-order valence-electron chi connectivity index (χ0n) is 7.90. The molecule has 0 aliphatic heterocycles. The molecule has 0 atom stereocenters. The number of nitrogens with zero attached hydrogens (tertiary/aromatic N) is 1. The van der Waals surface area contributed by atoms with Gasteiger partial charge in [-0.15, -0.1) is 0 Å². The predicted octanol–water partition coefficient (Wildman–Crippen LogP) is 2.36. The highest BCUT2D eigenvalue weighted by Gasteiger charge is 2.06. The van der Waals surface area contributed by atoms with E-state index in [-0.39, 0.29) is 6.42 Å². The molecule has 0 bridgehead atoms. The van der Waals surface area contributed by atoms with E-state index in [1.165, 1.54) is 0 Å². The van der Waals surface area contributed by atoms with Crippen molar-refractivity contribution in [2.24, 2.45) is 0 Å². The third kappa shape index (κ3) is 3.03. The SMILES string of the molecule is CN(CCC(=O)O)c1ccccc1Br. The molecule has 14 heavy (non-hydrogen) atoms. The lowest BCUT2D eigenvalue weighted by Gasteiger charge is -2.19. The van der Waals surface area contributed by atoms with Crippen molar-refractivity contribution in [2.75, 3.05) is 18.5 Å². The van der Waals surface area contributed by atoms with Gasteiger partial charge in [-0.1, -0.05) is 12.1 Å². The average Bonchev–Trinajstić information content (AvgIpc) is 2.15. The molecule has 0 aliphatic carbocycles. The highest BCUT2D eigenvalue weighted by Crippen LogP contribution is 2.24. The van der Waals surface area contributed by atoms with Crippen LogP contribution in [0.1, 0.15) is 6.42 Å². The van der Waals surface area contributed by atoms with Gasteiger partial charge in [-0.25, -0.2) is 0 Å². The van der Waals surface area contributed by atoms with Gasteiger partial charge in [-0.3, -0.25) is 4.79 Å². The van der Waals surface area contributed by atoms with E-state index in [1.807, 2.05) is 36.2 Å². The van der Waals surface area contributed by atoms with Crippen LogP contribution in [-0.4, -0.2) is 24.7 Å². The van der Waals surface area contributed by atoms with Crippen molar-refractivity contribution in [3.63, 3.8) is 0 Å². The third-order valence-corrected chi connectivity index (χ3v) is 2.60. The molecule has 0 amide bonds. The molecule has 1 aromatic rings. The van der Waals surface area contributed by atoms with Gasteiger partial charge in [0.25, 0.3) is 0 Å². The highest BCUT2D eigenvalue weighted by molar-refractivity contribution is 9.10. The number of para-hydroxylation sites is 1. The zero-order chi connectivity index (χ0) is 10.6. The summed E-state index contributed by atoms with van der Waals surface area (Å²) in [5.41, 5.74) is 1.01. The average molecular weight is 258 g/mol. The molecule has 1 rings (SSSR count). The summed E-state index contributed by atoms with van der Waals surface area (Å²) < 4.78 is 0.980. The summed E-state index contributed by atoms with van der Waals surface area (Å²) in [7, 11) is 1.88. The van der Waals surface area contributed by atoms with E-state index >= 15 is 0 Å². The minimum atomic E-state index is -0.774. The normalized spacial score (nSPS) is 9.86.